The topological polar surface area (TPSA) is 56.1 Å². The summed E-state index contributed by atoms with van der Waals surface area (Å²) in [5.41, 5.74) is 0. The molecule has 0 fully saturated rings. The fourth-order valence-electron chi connectivity index (χ4n) is 0.928. The van der Waals surface area contributed by atoms with Gasteiger partial charge in [0.2, 0.25) is 5.91 Å². The molecule has 0 aliphatic heterocycles. The highest BCUT2D eigenvalue weighted by Gasteiger charge is 2.15. The van der Waals surface area contributed by atoms with Gasteiger partial charge < -0.3 is 5.32 Å². The molecule has 2 atom stereocenters. The number of rotatable bonds is 5. The van der Waals surface area contributed by atoms with Gasteiger partial charge in [0.15, 0.2) is 0 Å². The number of likely N-dealkylation sites (N-methyl/N-ethyl adjacent to an activating group) is 1. The lowest BCUT2D eigenvalue weighted by atomic mass is 10.1. The van der Waals surface area contributed by atoms with Crippen molar-refractivity contribution in [3.63, 3.8) is 0 Å². The largest absolute Gasteiger partial charge is 0.352 e. The average molecular weight is 211 g/mol. The molecule has 0 bridgehead atoms. The molecule has 15 heavy (non-hydrogen) atoms. The third-order valence-electron chi connectivity index (χ3n) is 2.63. The van der Waals surface area contributed by atoms with Gasteiger partial charge in [-0.1, -0.05) is 13.8 Å². The minimum Gasteiger partial charge on any atom is -0.352 e. The first kappa shape index (κ1) is 13.9. The Bertz CT molecular complexity index is 245. The molecule has 0 aromatic carbocycles. The number of nitrogens with zero attached hydrogens (tertiary/aromatic N) is 2. The van der Waals surface area contributed by atoms with Gasteiger partial charge in [-0.05, 0) is 26.8 Å². The van der Waals surface area contributed by atoms with E-state index in [4.69, 9.17) is 5.26 Å². The summed E-state index contributed by atoms with van der Waals surface area (Å²) in [4.78, 5) is 13.3. The summed E-state index contributed by atoms with van der Waals surface area (Å²) in [7, 11) is 1.77. The molecule has 0 rings (SSSR count). The highest BCUT2D eigenvalue weighted by atomic mass is 16.2. The summed E-state index contributed by atoms with van der Waals surface area (Å²) in [6.45, 7) is 8.15. The van der Waals surface area contributed by atoms with Crippen molar-refractivity contribution in [2.45, 2.75) is 39.8 Å². The normalized spacial score (nSPS) is 14.8. The van der Waals surface area contributed by atoms with E-state index in [1.165, 1.54) is 0 Å². The van der Waals surface area contributed by atoms with Gasteiger partial charge >= 0.3 is 0 Å². The molecule has 0 aromatic rings. The predicted octanol–water partition coefficient (Wildman–Crippen LogP) is 0.991. The van der Waals surface area contributed by atoms with Crippen molar-refractivity contribution in [1.29, 1.82) is 5.26 Å². The molecule has 4 nitrogen and oxygen atoms in total. The van der Waals surface area contributed by atoms with Gasteiger partial charge in [0.05, 0.1) is 18.7 Å². The molecule has 4 heteroatoms. The van der Waals surface area contributed by atoms with Crippen molar-refractivity contribution in [2.24, 2.45) is 5.92 Å². The zero-order valence-corrected chi connectivity index (χ0v) is 10.2. The van der Waals surface area contributed by atoms with E-state index in [0.29, 0.717) is 5.92 Å². The van der Waals surface area contributed by atoms with Gasteiger partial charge in [0.25, 0.3) is 0 Å². The van der Waals surface area contributed by atoms with Crippen molar-refractivity contribution in [3.05, 3.63) is 0 Å². The van der Waals surface area contributed by atoms with E-state index in [2.05, 4.69) is 25.2 Å². The number of hydrogen-bond acceptors (Lipinski definition) is 3. The van der Waals surface area contributed by atoms with E-state index >= 15 is 0 Å². The monoisotopic (exact) mass is 211 g/mol. The van der Waals surface area contributed by atoms with Crippen molar-refractivity contribution in [1.82, 2.24) is 10.2 Å². The Morgan fingerprint density at radius 3 is 2.33 bits per heavy atom. The lowest BCUT2D eigenvalue weighted by Gasteiger charge is -2.22. The van der Waals surface area contributed by atoms with E-state index in [-0.39, 0.29) is 24.5 Å². The first-order chi connectivity index (χ1) is 6.88. The van der Waals surface area contributed by atoms with Crippen molar-refractivity contribution >= 4 is 5.91 Å². The summed E-state index contributed by atoms with van der Waals surface area (Å²) in [6.07, 6.45) is 0. The highest BCUT2D eigenvalue weighted by Crippen LogP contribution is 2.00. The third-order valence-corrected chi connectivity index (χ3v) is 2.63. The fraction of sp³-hybridized carbons (Fsp3) is 0.818. The van der Waals surface area contributed by atoms with Crippen LogP contribution in [0, 0.1) is 17.2 Å². The van der Waals surface area contributed by atoms with Crippen molar-refractivity contribution < 1.29 is 4.79 Å². The predicted molar refractivity (Wildman–Crippen MR) is 60.1 cm³/mol. The van der Waals surface area contributed by atoms with Gasteiger partial charge in [-0.2, -0.15) is 5.26 Å². The smallest absolute Gasteiger partial charge is 0.234 e. The Hall–Kier alpha value is -1.08. The van der Waals surface area contributed by atoms with Crippen LogP contribution in [-0.4, -0.2) is 36.5 Å². The Kier molecular flexibility index (Phi) is 5.95. The zero-order chi connectivity index (χ0) is 12.0. The maximum absolute atomic E-state index is 11.5. The maximum atomic E-state index is 11.5. The van der Waals surface area contributed by atoms with Crippen LogP contribution in [-0.2, 0) is 4.79 Å². The minimum absolute atomic E-state index is 0.0270. The summed E-state index contributed by atoms with van der Waals surface area (Å²) < 4.78 is 0. The molecule has 0 aliphatic rings. The fourth-order valence-corrected chi connectivity index (χ4v) is 0.928. The molecule has 86 valence electrons. The quantitative estimate of drug-likeness (QED) is 0.738. The van der Waals surface area contributed by atoms with Crippen LogP contribution in [0.2, 0.25) is 0 Å². The second-order valence-corrected chi connectivity index (χ2v) is 4.32. The molecule has 0 saturated heterocycles. The van der Waals surface area contributed by atoms with Crippen LogP contribution >= 0.6 is 0 Å². The van der Waals surface area contributed by atoms with Crippen LogP contribution in [0.4, 0.5) is 0 Å². The summed E-state index contributed by atoms with van der Waals surface area (Å²) >= 11 is 0. The Labute approximate surface area is 92.3 Å². The number of carbonyl (C=O) groups excluding carboxylic acids is 1. The lowest BCUT2D eigenvalue weighted by molar-refractivity contribution is -0.123. The van der Waals surface area contributed by atoms with Crippen LogP contribution in [0.25, 0.3) is 0 Å². The third kappa shape index (κ3) is 5.38. The standard InChI is InChI=1S/C11H21N3O/c1-8(2)10(4)13-11(15)7-14(5)9(3)6-12/h8-10H,7H2,1-5H3,(H,13,15). The number of carbonyl (C=O) groups is 1. The van der Waals surface area contributed by atoms with Crippen molar-refractivity contribution in [3.8, 4) is 6.07 Å². The molecular weight excluding hydrogens is 190 g/mol. The van der Waals surface area contributed by atoms with E-state index in [0.717, 1.165) is 0 Å². The summed E-state index contributed by atoms with van der Waals surface area (Å²) in [6, 6.07) is 2.03. The first-order valence-corrected chi connectivity index (χ1v) is 5.27. The van der Waals surface area contributed by atoms with Crippen LogP contribution in [0.1, 0.15) is 27.7 Å². The molecule has 0 aliphatic carbocycles. The maximum Gasteiger partial charge on any atom is 0.234 e. The molecule has 0 saturated carbocycles. The van der Waals surface area contributed by atoms with E-state index in [1.54, 1.807) is 18.9 Å². The van der Waals surface area contributed by atoms with Crippen LogP contribution in [0.15, 0.2) is 0 Å². The molecule has 0 aromatic heterocycles. The number of nitrogens with one attached hydrogen (secondary N) is 1. The van der Waals surface area contributed by atoms with Crippen LogP contribution in [0.3, 0.4) is 0 Å². The van der Waals surface area contributed by atoms with Gasteiger partial charge in [-0.25, -0.2) is 0 Å². The second kappa shape index (κ2) is 6.41. The minimum atomic E-state index is -0.231. The first-order valence-electron chi connectivity index (χ1n) is 5.27. The molecular formula is C11H21N3O. The van der Waals surface area contributed by atoms with Crippen molar-refractivity contribution in [2.75, 3.05) is 13.6 Å². The van der Waals surface area contributed by atoms with Gasteiger partial charge in [-0.15, -0.1) is 0 Å². The Morgan fingerprint density at radius 2 is 1.93 bits per heavy atom. The van der Waals surface area contributed by atoms with Crippen LogP contribution in [0.5, 0.6) is 0 Å². The summed E-state index contributed by atoms with van der Waals surface area (Å²) in [5, 5.41) is 11.6. The number of nitriles is 1. The molecule has 0 radical (unpaired) electrons. The molecule has 0 spiro atoms. The SMILES string of the molecule is CC(C)C(C)NC(=O)CN(C)C(C)C#N. The molecule has 1 amide bonds. The van der Waals surface area contributed by atoms with Gasteiger partial charge in [0.1, 0.15) is 0 Å². The molecule has 2 unspecified atom stereocenters. The van der Waals surface area contributed by atoms with E-state index < -0.39 is 0 Å². The Balaban J connectivity index is 4.00. The average Bonchev–Trinajstić information content (AvgIpc) is 2.15. The molecule has 0 heterocycles. The van der Waals surface area contributed by atoms with E-state index in [1.807, 2.05) is 6.92 Å². The molecule has 1 N–H and O–H groups in total. The Morgan fingerprint density at radius 1 is 1.40 bits per heavy atom. The second-order valence-electron chi connectivity index (χ2n) is 4.32. The highest BCUT2D eigenvalue weighted by molar-refractivity contribution is 5.78. The summed E-state index contributed by atoms with van der Waals surface area (Å²) in [5.74, 6) is 0.397. The number of amides is 1. The van der Waals surface area contributed by atoms with Gasteiger partial charge in [-0.3, -0.25) is 9.69 Å². The number of hydrogen-bond donors (Lipinski definition) is 1. The zero-order valence-electron chi connectivity index (χ0n) is 10.2. The van der Waals surface area contributed by atoms with E-state index in [9.17, 15) is 4.79 Å². The van der Waals surface area contributed by atoms with Crippen LogP contribution < -0.4 is 5.32 Å². The van der Waals surface area contributed by atoms with Gasteiger partial charge in [0, 0.05) is 6.04 Å². The lowest BCUT2D eigenvalue weighted by Crippen LogP contribution is -2.43.